The number of nitriles is 1. The number of nitrogens with zero attached hydrogens (tertiary/aromatic N) is 1. The van der Waals surface area contributed by atoms with Crippen molar-refractivity contribution in [2.24, 2.45) is 0 Å². The van der Waals surface area contributed by atoms with Crippen LogP contribution in [0.4, 0.5) is 0 Å². The lowest BCUT2D eigenvalue weighted by molar-refractivity contribution is 0.519. The first kappa shape index (κ1) is 14.6. The van der Waals surface area contributed by atoms with E-state index in [0.29, 0.717) is 11.6 Å². The fraction of sp³-hybridized carbons (Fsp3) is 0.235. The average Bonchev–Trinajstić information content (AvgIpc) is 2.50. The molecule has 0 aliphatic carbocycles. The second kappa shape index (κ2) is 7.09. The lowest BCUT2D eigenvalue weighted by Gasteiger charge is -2.17. The largest absolute Gasteiger partial charge is 0.306 e. The van der Waals surface area contributed by atoms with E-state index < -0.39 is 0 Å². The van der Waals surface area contributed by atoms with Crippen molar-refractivity contribution in [3.05, 3.63) is 70.2 Å². The van der Waals surface area contributed by atoms with Crippen molar-refractivity contribution >= 4 is 11.6 Å². The normalized spacial score (nSPS) is 11.8. The van der Waals surface area contributed by atoms with Gasteiger partial charge in [-0.05, 0) is 41.8 Å². The molecule has 0 aromatic heterocycles. The van der Waals surface area contributed by atoms with Crippen molar-refractivity contribution in [3.63, 3.8) is 0 Å². The van der Waals surface area contributed by atoms with Crippen LogP contribution in [0.1, 0.15) is 36.1 Å². The van der Waals surface area contributed by atoms with Crippen LogP contribution in [0.3, 0.4) is 0 Å². The number of hydrogen-bond donors (Lipinski definition) is 1. The molecule has 0 aliphatic rings. The minimum atomic E-state index is 0.308. The van der Waals surface area contributed by atoms with Crippen molar-refractivity contribution in [1.29, 1.82) is 5.26 Å². The number of halogens is 1. The standard InChI is InChI=1S/C17H17ClN2/c1-2-17(15-7-9-16(18)10-8-15)20-12-14-5-3-13(11-19)4-6-14/h3-10,17,20H,2,12H2,1H3/t17-/m1/s1. The van der Waals surface area contributed by atoms with Gasteiger partial charge in [0.15, 0.2) is 0 Å². The first-order valence-corrected chi connectivity index (χ1v) is 7.08. The van der Waals surface area contributed by atoms with E-state index in [2.05, 4.69) is 30.4 Å². The zero-order valence-corrected chi connectivity index (χ0v) is 12.2. The maximum atomic E-state index is 8.78. The summed E-state index contributed by atoms with van der Waals surface area (Å²) in [5.74, 6) is 0. The van der Waals surface area contributed by atoms with Gasteiger partial charge in [0.05, 0.1) is 11.6 Å². The summed E-state index contributed by atoms with van der Waals surface area (Å²) >= 11 is 5.91. The highest BCUT2D eigenvalue weighted by atomic mass is 35.5. The lowest BCUT2D eigenvalue weighted by atomic mass is 10.0. The SMILES string of the molecule is CC[C@@H](NCc1ccc(C#N)cc1)c1ccc(Cl)cc1. The molecule has 2 rings (SSSR count). The Hall–Kier alpha value is -1.82. The third kappa shape index (κ3) is 3.84. The molecule has 2 nitrogen and oxygen atoms in total. The van der Waals surface area contributed by atoms with Crippen LogP contribution in [0.5, 0.6) is 0 Å². The predicted molar refractivity (Wildman–Crippen MR) is 82.5 cm³/mol. The van der Waals surface area contributed by atoms with Gasteiger partial charge in [-0.15, -0.1) is 0 Å². The smallest absolute Gasteiger partial charge is 0.0991 e. The van der Waals surface area contributed by atoms with Gasteiger partial charge in [0.1, 0.15) is 0 Å². The molecular weight excluding hydrogens is 268 g/mol. The minimum Gasteiger partial charge on any atom is -0.306 e. The van der Waals surface area contributed by atoms with Crippen molar-refractivity contribution in [1.82, 2.24) is 5.32 Å². The molecule has 0 fully saturated rings. The molecule has 20 heavy (non-hydrogen) atoms. The van der Waals surface area contributed by atoms with E-state index in [0.717, 1.165) is 18.0 Å². The summed E-state index contributed by atoms with van der Waals surface area (Å²) < 4.78 is 0. The highest BCUT2D eigenvalue weighted by molar-refractivity contribution is 6.30. The van der Waals surface area contributed by atoms with Crippen LogP contribution in [-0.4, -0.2) is 0 Å². The summed E-state index contributed by atoms with van der Waals surface area (Å²) in [7, 11) is 0. The Labute approximate surface area is 125 Å². The van der Waals surface area contributed by atoms with Crippen molar-refractivity contribution in [3.8, 4) is 6.07 Å². The molecule has 102 valence electrons. The van der Waals surface area contributed by atoms with Crippen LogP contribution in [0.15, 0.2) is 48.5 Å². The molecule has 1 atom stereocenters. The summed E-state index contributed by atoms with van der Waals surface area (Å²) in [6, 6.07) is 18.1. The van der Waals surface area contributed by atoms with E-state index in [9.17, 15) is 0 Å². The van der Waals surface area contributed by atoms with Crippen LogP contribution in [-0.2, 0) is 6.54 Å². The van der Waals surface area contributed by atoms with Crippen molar-refractivity contribution < 1.29 is 0 Å². The number of benzene rings is 2. The molecule has 0 radical (unpaired) electrons. The maximum Gasteiger partial charge on any atom is 0.0991 e. The zero-order chi connectivity index (χ0) is 14.4. The van der Waals surface area contributed by atoms with E-state index in [-0.39, 0.29) is 0 Å². The molecule has 2 aromatic carbocycles. The van der Waals surface area contributed by atoms with Gasteiger partial charge in [-0.2, -0.15) is 5.26 Å². The third-order valence-corrected chi connectivity index (χ3v) is 3.57. The lowest BCUT2D eigenvalue weighted by Crippen LogP contribution is -2.20. The summed E-state index contributed by atoms with van der Waals surface area (Å²) in [4.78, 5) is 0. The van der Waals surface area contributed by atoms with E-state index >= 15 is 0 Å². The Bertz CT molecular complexity index is 582. The molecule has 0 saturated carbocycles. The van der Waals surface area contributed by atoms with E-state index in [1.54, 1.807) is 0 Å². The molecule has 0 spiro atoms. The van der Waals surface area contributed by atoms with Gasteiger partial charge in [-0.25, -0.2) is 0 Å². The molecule has 2 aromatic rings. The van der Waals surface area contributed by atoms with E-state index in [1.807, 2.05) is 36.4 Å². The highest BCUT2D eigenvalue weighted by Gasteiger charge is 2.08. The highest BCUT2D eigenvalue weighted by Crippen LogP contribution is 2.19. The molecule has 0 saturated heterocycles. The van der Waals surface area contributed by atoms with Gasteiger partial charge in [-0.1, -0.05) is 42.8 Å². The van der Waals surface area contributed by atoms with E-state index in [4.69, 9.17) is 16.9 Å². The van der Waals surface area contributed by atoms with Crippen molar-refractivity contribution in [2.45, 2.75) is 25.9 Å². The average molecular weight is 285 g/mol. The molecule has 3 heteroatoms. The maximum absolute atomic E-state index is 8.78. The molecule has 0 bridgehead atoms. The van der Waals surface area contributed by atoms with Gasteiger partial charge in [0.2, 0.25) is 0 Å². The van der Waals surface area contributed by atoms with Gasteiger partial charge in [0.25, 0.3) is 0 Å². The Morgan fingerprint density at radius 1 is 1.10 bits per heavy atom. The number of nitrogens with one attached hydrogen (secondary N) is 1. The second-order valence-electron chi connectivity index (χ2n) is 4.70. The van der Waals surface area contributed by atoms with Crippen LogP contribution in [0.2, 0.25) is 5.02 Å². The topological polar surface area (TPSA) is 35.8 Å². The fourth-order valence-electron chi connectivity index (χ4n) is 2.13. The van der Waals surface area contributed by atoms with E-state index in [1.165, 1.54) is 11.1 Å². The molecule has 0 amide bonds. The molecule has 0 unspecified atom stereocenters. The second-order valence-corrected chi connectivity index (χ2v) is 5.14. The fourth-order valence-corrected chi connectivity index (χ4v) is 2.26. The van der Waals surface area contributed by atoms with Gasteiger partial charge in [0, 0.05) is 17.6 Å². The van der Waals surface area contributed by atoms with Crippen molar-refractivity contribution in [2.75, 3.05) is 0 Å². The van der Waals surface area contributed by atoms with Gasteiger partial charge in [-0.3, -0.25) is 0 Å². The minimum absolute atomic E-state index is 0.308. The Morgan fingerprint density at radius 3 is 2.30 bits per heavy atom. The number of hydrogen-bond acceptors (Lipinski definition) is 2. The van der Waals surface area contributed by atoms with Crippen LogP contribution >= 0.6 is 11.6 Å². The molecule has 1 N–H and O–H groups in total. The van der Waals surface area contributed by atoms with Crippen LogP contribution in [0.25, 0.3) is 0 Å². The Kier molecular flexibility index (Phi) is 5.17. The van der Waals surface area contributed by atoms with Gasteiger partial charge < -0.3 is 5.32 Å². The monoisotopic (exact) mass is 284 g/mol. The quantitative estimate of drug-likeness (QED) is 0.880. The Balaban J connectivity index is 2.00. The third-order valence-electron chi connectivity index (χ3n) is 3.32. The van der Waals surface area contributed by atoms with Crippen LogP contribution < -0.4 is 5.32 Å². The number of rotatable bonds is 5. The first-order chi connectivity index (χ1) is 9.72. The molecule has 0 aliphatic heterocycles. The summed E-state index contributed by atoms with van der Waals surface area (Å²) in [6.07, 6.45) is 1.01. The summed E-state index contributed by atoms with van der Waals surface area (Å²) in [5.41, 5.74) is 3.11. The zero-order valence-electron chi connectivity index (χ0n) is 11.4. The molecule has 0 heterocycles. The summed E-state index contributed by atoms with van der Waals surface area (Å²) in [6.45, 7) is 2.94. The summed E-state index contributed by atoms with van der Waals surface area (Å²) in [5, 5.41) is 13.1. The molecular formula is C17H17ClN2. The first-order valence-electron chi connectivity index (χ1n) is 6.71. The van der Waals surface area contributed by atoms with Crippen LogP contribution in [0, 0.1) is 11.3 Å². The van der Waals surface area contributed by atoms with Gasteiger partial charge >= 0.3 is 0 Å². The Morgan fingerprint density at radius 2 is 1.75 bits per heavy atom. The predicted octanol–water partition coefficient (Wildman–Crippen LogP) is 4.45.